The second-order valence-electron chi connectivity index (χ2n) is 3.41. The standard InChI is InChI=1S/C8H11ClN2OS/c9-7-11-4-6(13-7)3-8(12)1-2-10-5-8/h4,10,12H,1-3,5H2. The van der Waals surface area contributed by atoms with Crippen molar-refractivity contribution < 1.29 is 5.11 Å². The molecule has 1 saturated heterocycles. The molecule has 1 unspecified atom stereocenters. The minimum atomic E-state index is -0.587. The maximum Gasteiger partial charge on any atom is 0.183 e. The molecule has 0 bridgehead atoms. The first-order valence-corrected chi connectivity index (χ1v) is 5.41. The molecule has 0 aliphatic carbocycles. The Morgan fingerprint density at radius 2 is 2.62 bits per heavy atom. The predicted molar refractivity (Wildman–Crippen MR) is 53.3 cm³/mol. The van der Waals surface area contributed by atoms with Crippen LogP contribution in [0.3, 0.4) is 0 Å². The van der Waals surface area contributed by atoms with Gasteiger partial charge in [0, 0.05) is 24.0 Å². The van der Waals surface area contributed by atoms with Crippen molar-refractivity contribution in [1.82, 2.24) is 10.3 Å². The van der Waals surface area contributed by atoms with Crippen LogP contribution in [0.1, 0.15) is 11.3 Å². The molecule has 2 heterocycles. The highest BCUT2D eigenvalue weighted by Crippen LogP contribution is 2.25. The summed E-state index contributed by atoms with van der Waals surface area (Å²) in [6.45, 7) is 1.56. The molecule has 0 amide bonds. The molecule has 1 fully saturated rings. The van der Waals surface area contributed by atoms with E-state index in [1.807, 2.05) is 0 Å². The normalized spacial score (nSPS) is 28.2. The number of hydrogen-bond acceptors (Lipinski definition) is 4. The van der Waals surface area contributed by atoms with Crippen molar-refractivity contribution in [1.29, 1.82) is 0 Å². The fraction of sp³-hybridized carbons (Fsp3) is 0.625. The Hall–Kier alpha value is -0.160. The average molecular weight is 219 g/mol. The molecule has 3 nitrogen and oxygen atoms in total. The fourth-order valence-corrected chi connectivity index (χ4v) is 2.69. The molecule has 1 atom stereocenters. The largest absolute Gasteiger partial charge is 0.388 e. The molecule has 1 aromatic heterocycles. The maximum absolute atomic E-state index is 10.0. The van der Waals surface area contributed by atoms with E-state index in [1.165, 1.54) is 11.3 Å². The van der Waals surface area contributed by atoms with E-state index < -0.39 is 5.60 Å². The SMILES string of the molecule is OC1(Cc2cnc(Cl)s2)CCNC1. The molecule has 5 heteroatoms. The summed E-state index contributed by atoms with van der Waals surface area (Å²) in [7, 11) is 0. The third-order valence-corrected chi connectivity index (χ3v) is 3.36. The van der Waals surface area contributed by atoms with Gasteiger partial charge in [-0.2, -0.15) is 0 Å². The number of thiazole rings is 1. The van der Waals surface area contributed by atoms with E-state index >= 15 is 0 Å². The Labute approximate surface area is 85.8 Å². The van der Waals surface area contributed by atoms with Crippen LogP contribution >= 0.6 is 22.9 Å². The molecule has 2 rings (SSSR count). The van der Waals surface area contributed by atoms with E-state index in [9.17, 15) is 5.11 Å². The molecule has 72 valence electrons. The van der Waals surface area contributed by atoms with Gasteiger partial charge in [0.2, 0.25) is 0 Å². The lowest BCUT2D eigenvalue weighted by Crippen LogP contribution is -2.33. The van der Waals surface area contributed by atoms with Crippen LogP contribution in [-0.4, -0.2) is 28.8 Å². The number of nitrogens with one attached hydrogen (secondary N) is 1. The van der Waals surface area contributed by atoms with Gasteiger partial charge in [-0.05, 0) is 13.0 Å². The quantitative estimate of drug-likeness (QED) is 0.781. The molecule has 0 aromatic carbocycles. The summed E-state index contributed by atoms with van der Waals surface area (Å²) < 4.78 is 0.546. The molecule has 1 aliphatic heterocycles. The Kier molecular flexibility index (Phi) is 2.55. The van der Waals surface area contributed by atoms with Crippen molar-refractivity contribution in [2.75, 3.05) is 13.1 Å². The van der Waals surface area contributed by atoms with E-state index in [2.05, 4.69) is 10.3 Å². The molecular formula is C8H11ClN2OS. The van der Waals surface area contributed by atoms with Crippen LogP contribution in [0.15, 0.2) is 6.20 Å². The lowest BCUT2D eigenvalue weighted by Gasteiger charge is -2.19. The highest BCUT2D eigenvalue weighted by molar-refractivity contribution is 7.15. The van der Waals surface area contributed by atoms with Crippen LogP contribution in [0, 0.1) is 0 Å². The summed E-state index contributed by atoms with van der Waals surface area (Å²) in [5.74, 6) is 0. The van der Waals surface area contributed by atoms with Crippen molar-refractivity contribution >= 4 is 22.9 Å². The third-order valence-electron chi connectivity index (χ3n) is 2.25. The maximum atomic E-state index is 10.0. The lowest BCUT2D eigenvalue weighted by molar-refractivity contribution is 0.0627. The summed E-state index contributed by atoms with van der Waals surface area (Å²) in [5, 5.41) is 13.2. The molecule has 2 N–H and O–H groups in total. The van der Waals surface area contributed by atoms with Crippen LogP contribution in [0.5, 0.6) is 0 Å². The Balaban J connectivity index is 2.04. The van der Waals surface area contributed by atoms with Crippen LogP contribution in [0.4, 0.5) is 0 Å². The Morgan fingerprint density at radius 1 is 1.77 bits per heavy atom. The van der Waals surface area contributed by atoms with Crippen LogP contribution < -0.4 is 5.32 Å². The van der Waals surface area contributed by atoms with E-state index in [1.54, 1.807) is 6.20 Å². The van der Waals surface area contributed by atoms with Gasteiger partial charge in [0.25, 0.3) is 0 Å². The summed E-state index contributed by atoms with van der Waals surface area (Å²) in [5.41, 5.74) is -0.587. The van der Waals surface area contributed by atoms with E-state index in [0.29, 0.717) is 17.4 Å². The molecule has 13 heavy (non-hydrogen) atoms. The van der Waals surface area contributed by atoms with E-state index in [-0.39, 0.29) is 0 Å². The summed E-state index contributed by atoms with van der Waals surface area (Å²) in [4.78, 5) is 4.99. The highest BCUT2D eigenvalue weighted by Gasteiger charge is 2.31. The molecule has 0 spiro atoms. The first-order chi connectivity index (χ1) is 6.18. The molecule has 1 aliphatic rings. The first kappa shape index (κ1) is 9.40. The third kappa shape index (κ3) is 2.20. The van der Waals surface area contributed by atoms with Gasteiger partial charge in [0.15, 0.2) is 4.47 Å². The minimum absolute atomic E-state index is 0.546. The van der Waals surface area contributed by atoms with E-state index in [0.717, 1.165) is 17.8 Å². The molecule has 1 aromatic rings. The van der Waals surface area contributed by atoms with Crippen molar-refractivity contribution in [2.24, 2.45) is 0 Å². The zero-order valence-corrected chi connectivity index (χ0v) is 8.66. The van der Waals surface area contributed by atoms with Gasteiger partial charge < -0.3 is 10.4 Å². The van der Waals surface area contributed by atoms with Gasteiger partial charge in [-0.25, -0.2) is 4.98 Å². The van der Waals surface area contributed by atoms with Crippen molar-refractivity contribution in [2.45, 2.75) is 18.4 Å². The van der Waals surface area contributed by atoms with Gasteiger partial charge >= 0.3 is 0 Å². The topological polar surface area (TPSA) is 45.2 Å². The van der Waals surface area contributed by atoms with Gasteiger partial charge in [-0.3, -0.25) is 0 Å². The number of aromatic nitrogens is 1. The number of β-amino-alcohol motifs (C(OH)–C–C–N with tert-alkyl or cyclic N) is 1. The van der Waals surface area contributed by atoms with Gasteiger partial charge in [-0.15, -0.1) is 11.3 Å². The average Bonchev–Trinajstić information content (AvgIpc) is 2.62. The lowest BCUT2D eigenvalue weighted by atomic mass is 9.98. The van der Waals surface area contributed by atoms with Crippen LogP contribution in [0.2, 0.25) is 4.47 Å². The zero-order valence-electron chi connectivity index (χ0n) is 7.09. The summed E-state index contributed by atoms with van der Waals surface area (Å²) in [6.07, 6.45) is 3.20. The fourth-order valence-electron chi connectivity index (χ4n) is 1.57. The van der Waals surface area contributed by atoms with Crippen molar-refractivity contribution in [3.8, 4) is 0 Å². The molecular weight excluding hydrogens is 208 g/mol. The van der Waals surface area contributed by atoms with Gasteiger partial charge in [-0.1, -0.05) is 11.6 Å². The molecule has 0 radical (unpaired) electrons. The number of hydrogen-bond donors (Lipinski definition) is 2. The Morgan fingerprint density at radius 3 is 3.15 bits per heavy atom. The zero-order chi connectivity index (χ0) is 9.31. The van der Waals surface area contributed by atoms with Crippen molar-refractivity contribution in [3.05, 3.63) is 15.5 Å². The van der Waals surface area contributed by atoms with Gasteiger partial charge in [0.05, 0.1) is 5.60 Å². The molecule has 0 saturated carbocycles. The van der Waals surface area contributed by atoms with Crippen LogP contribution in [0.25, 0.3) is 0 Å². The van der Waals surface area contributed by atoms with Crippen LogP contribution in [-0.2, 0) is 6.42 Å². The van der Waals surface area contributed by atoms with Crippen molar-refractivity contribution in [3.63, 3.8) is 0 Å². The Bertz CT molecular complexity index is 296. The number of nitrogens with zero attached hydrogens (tertiary/aromatic N) is 1. The first-order valence-electron chi connectivity index (χ1n) is 4.21. The second-order valence-corrected chi connectivity index (χ2v) is 5.10. The van der Waals surface area contributed by atoms with E-state index in [4.69, 9.17) is 11.6 Å². The monoisotopic (exact) mass is 218 g/mol. The summed E-state index contributed by atoms with van der Waals surface area (Å²) in [6, 6.07) is 0. The second kappa shape index (κ2) is 3.53. The predicted octanol–water partition coefficient (Wildman–Crippen LogP) is 1.06. The number of halogens is 1. The van der Waals surface area contributed by atoms with Gasteiger partial charge in [0.1, 0.15) is 0 Å². The highest BCUT2D eigenvalue weighted by atomic mass is 35.5. The smallest absolute Gasteiger partial charge is 0.183 e. The number of rotatable bonds is 2. The summed E-state index contributed by atoms with van der Waals surface area (Å²) >= 11 is 7.14. The minimum Gasteiger partial charge on any atom is -0.388 e. The number of aliphatic hydroxyl groups is 1.